The van der Waals surface area contributed by atoms with Crippen molar-refractivity contribution in [3.05, 3.63) is 97.0 Å². The van der Waals surface area contributed by atoms with Gasteiger partial charge in [-0.3, -0.25) is 0 Å². The average molecular weight is 592 g/mol. The van der Waals surface area contributed by atoms with Gasteiger partial charge in [-0.05, 0) is 82.7 Å². The van der Waals surface area contributed by atoms with Crippen molar-refractivity contribution in [3.63, 3.8) is 0 Å². The molecule has 0 amide bonds. The number of cyclic esters (lactones) is 1. The topological polar surface area (TPSA) is 74.2 Å². The molecule has 1 aliphatic heterocycles. The Morgan fingerprint density at radius 2 is 1.76 bits per heavy atom. The Hall–Kier alpha value is -2.94. The number of halogens is 3. The quantitative estimate of drug-likeness (QED) is 0.194. The van der Waals surface area contributed by atoms with Gasteiger partial charge in [-0.25, -0.2) is 14.6 Å². The van der Waals surface area contributed by atoms with Gasteiger partial charge in [0.2, 0.25) is 5.90 Å². The van der Waals surface area contributed by atoms with E-state index in [-0.39, 0.29) is 17.3 Å². The van der Waals surface area contributed by atoms with E-state index in [0.717, 1.165) is 0 Å². The molecule has 0 radical (unpaired) electrons. The Morgan fingerprint density at radius 3 is 2.42 bits per heavy atom. The highest BCUT2D eigenvalue weighted by Crippen LogP contribution is 2.36. The van der Waals surface area contributed by atoms with E-state index in [1.807, 2.05) is 0 Å². The largest absolute Gasteiger partial charge is 0.497 e. The van der Waals surface area contributed by atoms with Gasteiger partial charge in [-0.2, -0.15) is 0 Å². The second-order valence-corrected chi connectivity index (χ2v) is 8.97. The fraction of sp³-hybridized carbons (Fsp3) is 0.0417. The highest BCUT2D eigenvalue weighted by atomic mass is 79.9. The van der Waals surface area contributed by atoms with Gasteiger partial charge >= 0.3 is 11.9 Å². The minimum atomic E-state index is -0.619. The fourth-order valence-corrected chi connectivity index (χ4v) is 4.41. The molecule has 4 rings (SSSR count). The molecule has 166 valence electrons. The number of methoxy groups -OCH3 is 1. The molecule has 0 saturated carbocycles. The van der Waals surface area contributed by atoms with Gasteiger partial charge in [0.25, 0.3) is 0 Å². The van der Waals surface area contributed by atoms with Crippen LogP contribution in [0.1, 0.15) is 21.5 Å². The standard InChI is InChI=1S/C24H14Br2ClNO5/c1-31-18-8-4-13(5-9-18)22-28-20(24(30)33-22)11-15-10-16(25)12-19(26)21(15)32-23(29)14-2-6-17(27)7-3-14/h2-12H,1H3/b20-11-. The van der Waals surface area contributed by atoms with Gasteiger partial charge in [0.15, 0.2) is 11.4 Å². The number of ether oxygens (including phenoxy) is 3. The van der Waals surface area contributed by atoms with Crippen LogP contribution in [0.25, 0.3) is 6.08 Å². The van der Waals surface area contributed by atoms with Crippen LogP contribution in [0.15, 0.2) is 80.3 Å². The zero-order valence-electron chi connectivity index (χ0n) is 17.0. The lowest BCUT2D eigenvalue weighted by molar-refractivity contribution is -0.129. The first kappa shape index (κ1) is 23.2. The molecule has 0 N–H and O–H groups in total. The number of carbonyl (C=O) groups excluding carboxylic acids is 2. The maximum atomic E-state index is 12.7. The van der Waals surface area contributed by atoms with Crippen molar-refractivity contribution < 1.29 is 23.8 Å². The molecule has 0 saturated heterocycles. The molecule has 1 aliphatic rings. The van der Waals surface area contributed by atoms with Crippen LogP contribution in [0.2, 0.25) is 5.02 Å². The van der Waals surface area contributed by atoms with Crippen LogP contribution in [0.5, 0.6) is 11.5 Å². The number of rotatable bonds is 5. The molecule has 1 heterocycles. The molecular weight excluding hydrogens is 578 g/mol. The number of nitrogens with zero attached hydrogens (tertiary/aromatic N) is 1. The fourth-order valence-electron chi connectivity index (χ4n) is 2.95. The number of benzene rings is 3. The second kappa shape index (κ2) is 9.91. The van der Waals surface area contributed by atoms with Crippen molar-refractivity contribution in [1.29, 1.82) is 0 Å². The molecule has 0 bridgehead atoms. The SMILES string of the molecule is COc1ccc(C2=N/C(=C\c3cc(Br)cc(Br)c3OC(=O)c3ccc(Cl)cc3)C(=O)O2)cc1. The molecule has 6 nitrogen and oxygen atoms in total. The Morgan fingerprint density at radius 1 is 1.06 bits per heavy atom. The Labute approximate surface area is 211 Å². The predicted octanol–water partition coefficient (Wildman–Crippen LogP) is 6.44. The monoisotopic (exact) mass is 589 g/mol. The molecule has 33 heavy (non-hydrogen) atoms. The number of carbonyl (C=O) groups is 2. The van der Waals surface area contributed by atoms with Crippen LogP contribution in [0, 0.1) is 0 Å². The van der Waals surface area contributed by atoms with E-state index in [0.29, 0.717) is 36.4 Å². The summed E-state index contributed by atoms with van der Waals surface area (Å²) in [6.45, 7) is 0. The third-order valence-electron chi connectivity index (χ3n) is 4.56. The molecule has 0 fully saturated rings. The van der Waals surface area contributed by atoms with Gasteiger partial charge in [0.1, 0.15) is 5.75 Å². The first-order valence-corrected chi connectivity index (χ1v) is 11.4. The average Bonchev–Trinajstić information content (AvgIpc) is 3.16. The smallest absolute Gasteiger partial charge is 0.363 e. The maximum absolute atomic E-state index is 12.7. The van der Waals surface area contributed by atoms with Crippen LogP contribution >= 0.6 is 43.5 Å². The molecule has 9 heteroatoms. The Bertz CT molecular complexity index is 1300. The summed E-state index contributed by atoms with van der Waals surface area (Å²) in [4.78, 5) is 29.4. The molecule has 0 atom stereocenters. The summed E-state index contributed by atoms with van der Waals surface area (Å²) in [5.74, 6) is -0.127. The normalized spacial score (nSPS) is 14.1. The maximum Gasteiger partial charge on any atom is 0.363 e. The van der Waals surface area contributed by atoms with E-state index >= 15 is 0 Å². The summed E-state index contributed by atoms with van der Waals surface area (Å²) in [5, 5.41) is 0.507. The van der Waals surface area contributed by atoms with Gasteiger partial charge in [0, 0.05) is 20.6 Å². The lowest BCUT2D eigenvalue weighted by Crippen LogP contribution is -2.10. The minimum absolute atomic E-state index is 0.0645. The number of esters is 2. The minimum Gasteiger partial charge on any atom is -0.497 e. The van der Waals surface area contributed by atoms with Crippen molar-refractivity contribution in [1.82, 2.24) is 0 Å². The molecule has 3 aromatic rings. The van der Waals surface area contributed by atoms with Gasteiger partial charge in [-0.15, -0.1) is 0 Å². The van der Waals surface area contributed by atoms with E-state index < -0.39 is 11.9 Å². The van der Waals surface area contributed by atoms with Crippen molar-refractivity contribution in [2.75, 3.05) is 7.11 Å². The van der Waals surface area contributed by atoms with E-state index in [1.54, 1.807) is 67.8 Å². The number of aliphatic imine (C=N–C) groups is 1. The molecule has 0 unspecified atom stereocenters. The first-order valence-electron chi connectivity index (χ1n) is 9.48. The summed E-state index contributed by atoms with van der Waals surface area (Å²) >= 11 is 12.7. The summed E-state index contributed by atoms with van der Waals surface area (Å²) in [6.07, 6.45) is 1.50. The van der Waals surface area contributed by atoms with Crippen LogP contribution in [0.4, 0.5) is 0 Å². The van der Waals surface area contributed by atoms with Crippen molar-refractivity contribution in [3.8, 4) is 11.5 Å². The third kappa shape index (κ3) is 5.35. The Kier molecular flexibility index (Phi) is 6.97. The molecule has 3 aromatic carbocycles. The van der Waals surface area contributed by atoms with Crippen molar-refractivity contribution >= 4 is 67.4 Å². The molecular formula is C24H14Br2ClNO5. The number of hydrogen-bond donors (Lipinski definition) is 0. The lowest BCUT2D eigenvalue weighted by atomic mass is 10.1. The van der Waals surface area contributed by atoms with Crippen LogP contribution in [-0.4, -0.2) is 24.9 Å². The molecule has 0 aromatic heterocycles. The lowest BCUT2D eigenvalue weighted by Gasteiger charge is -2.11. The first-order chi connectivity index (χ1) is 15.8. The van der Waals surface area contributed by atoms with Crippen molar-refractivity contribution in [2.45, 2.75) is 0 Å². The zero-order valence-corrected chi connectivity index (χ0v) is 20.9. The van der Waals surface area contributed by atoms with Gasteiger partial charge in [0.05, 0.1) is 17.1 Å². The van der Waals surface area contributed by atoms with E-state index in [1.165, 1.54) is 6.08 Å². The summed E-state index contributed by atoms with van der Waals surface area (Å²) < 4.78 is 17.3. The summed E-state index contributed by atoms with van der Waals surface area (Å²) in [6, 6.07) is 16.7. The third-order valence-corrected chi connectivity index (χ3v) is 5.86. The van der Waals surface area contributed by atoms with E-state index in [9.17, 15) is 9.59 Å². The van der Waals surface area contributed by atoms with Crippen LogP contribution in [0.3, 0.4) is 0 Å². The van der Waals surface area contributed by atoms with Gasteiger partial charge in [-0.1, -0.05) is 27.5 Å². The van der Waals surface area contributed by atoms with E-state index in [2.05, 4.69) is 36.9 Å². The van der Waals surface area contributed by atoms with E-state index in [4.69, 9.17) is 25.8 Å². The molecule has 0 spiro atoms. The predicted molar refractivity (Wildman–Crippen MR) is 132 cm³/mol. The van der Waals surface area contributed by atoms with Crippen LogP contribution in [-0.2, 0) is 9.53 Å². The second-order valence-electron chi connectivity index (χ2n) is 6.77. The Balaban J connectivity index is 1.68. The van der Waals surface area contributed by atoms with Gasteiger partial charge < -0.3 is 14.2 Å². The van der Waals surface area contributed by atoms with Crippen LogP contribution < -0.4 is 9.47 Å². The highest BCUT2D eigenvalue weighted by Gasteiger charge is 2.25. The highest BCUT2D eigenvalue weighted by molar-refractivity contribution is 9.11. The number of hydrogen-bond acceptors (Lipinski definition) is 6. The zero-order chi connectivity index (χ0) is 23.5. The molecule has 0 aliphatic carbocycles. The van der Waals surface area contributed by atoms with Crippen molar-refractivity contribution in [2.24, 2.45) is 4.99 Å². The summed E-state index contributed by atoms with van der Waals surface area (Å²) in [5.41, 5.74) is 1.46. The summed E-state index contributed by atoms with van der Waals surface area (Å²) in [7, 11) is 1.57.